The first-order valence-electron chi connectivity index (χ1n) is 9.76. The minimum absolute atomic E-state index is 0.0332. The molecule has 3 rings (SSSR count). The number of morpholine rings is 1. The van der Waals surface area contributed by atoms with Crippen molar-refractivity contribution in [1.82, 2.24) is 20.0 Å². The van der Waals surface area contributed by atoms with E-state index in [9.17, 15) is 0 Å². The molecule has 1 aliphatic rings. The van der Waals surface area contributed by atoms with Gasteiger partial charge in [-0.15, -0.1) is 0 Å². The summed E-state index contributed by atoms with van der Waals surface area (Å²) >= 11 is 0. The third-order valence-electron chi connectivity index (χ3n) is 4.96. The van der Waals surface area contributed by atoms with Crippen molar-refractivity contribution in [1.29, 1.82) is 0 Å². The highest BCUT2D eigenvalue weighted by Gasteiger charge is 2.25. The van der Waals surface area contributed by atoms with E-state index in [-0.39, 0.29) is 6.10 Å². The average molecular weight is 370 g/mol. The van der Waals surface area contributed by atoms with E-state index in [2.05, 4.69) is 60.4 Å². The van der Waals surface area contributed by atoms with Gasteiger partial charge >= 0.3 is 0 Å². The van der Waals surface area contributed by atoms with E-state index in [0.717, 1.165) is 37.7 Å². The standard InChI is InChI=1S/C21H31N5O/c1-5-22-21(23-12-17(3)18-8-6-16(2)7-9-18)26-10-11-27-20(15-26)19-13-24-25(4)14-19/h6-9,13-14,17,20H,5,10-12,15H2,1-4H3,(H,22,23). The molecular formula is C21H31N5O. The number of nitrogens with one attached hydrogen (secondary N) is 1. The molecule has 146 valence electrons. The molecular weight excluding hydrogens is 338 g/mol. The molecule has 1 N–H and O–H groups in total. The number of hydrogen-bond donors (Lipinski definition) is 1. The monoisotopic (exact) mass is 369 g/mol. The van der Waals surface area contributed by atoms with Gasteiger partial charge in [-0.05, 0) is 19.4 Å². The Kier molecular flexibility index (Phi) is 6.50. The van der Waals surface area contributed by atoms with Crippen LogP contribution in [0.15, 0.2) is 41.7 Å². The van der Waals surface area contributed by atoms with Gasteiger partial charge in [0.1, 0.15) is 6.10 Å². The van der Waals surface area contributed by atoms with Crippen molar-refractivity contribution in [3.8, 4) is 0 Å². The number of rotatable bonds is 5. The van der Waals surface area contributed by atoms with Gasteiger partial charge in [-0.2, -0.15) is 5.10 Å². The summed E-state index contributed by atoms with van der Waals surface area (Å²) in [5.41, 5.74) is 3.74. The van der Waals surface area contributed by atoms with Gasteiger partial charge in [0.2, 0.25) is 0 Å². The first kappa shape index (κ1) is 19.4. The Balaban J connectivity index is 1.68. The lowest BCUT2D eigenvalue weighted by atomic mass is 10.0. The number of aromatic nitrogens is 2. The van der Waals surface area contributed by atoms with Crippen LogP contribution in [0, 0.1) is 6.92 Å². The first-order valence-corrected chi connectivity index (χ1v) is 9.76. The zero-order valence-corrected chi connectivity index (χ0v) is 16.9. The summed E-state index contributed by atoms with van der Waals surface area (Å²) in [5, 5.41) is 7.71. The van der Waals surface area contributed by atoms with Gasteiger partial charge in [-0.1, -0.05) is 36.8 Å². The number of ether oxygens (including phenoxy) is 1. The Morgan fingerprint density at radius 1 is 1.37 bits per heavy atom. The van der Waals surface area contributed by atoms with Crippen LogP contribution in [-0.2, 0) is 11.8 Å². The van der Waals surface area contributed by atoms with Gasteiger partial charge in [0.15, 0.2) is 5.96 Å². The first-order chi connectivity index (χ1) is 13.1. The lowest BCUT2D eigenvalue weighted by Crippen LogP contribution is -2.48. The van der Waals surface area contributed by atoms with Crippen LogP contribution < -0.4 is 5.32 Å². The zero-order chi connectivity index (χ0) is 19.2. The molecule has 0 saturated carbocycles. The number of aryl methyl sites for hydroxylation is 2. The summed E-state index contributed by atoms with van der Waals surface area (Å²) in [5.74, 6) is 1.35. The molecule has 6 heteroatoms. The Morgan fingerprint density at radius 2 is 2.15 bits per heavy atom. The van der Waals surface area contributed by atoms with Crippen LogP contribution in [0.3, 0.4) is 0 Å². The van der Waals surface area contributed by atoms with Crippen molar-refractivity contribution in [2.45, 2.75) is 32.8 Å². The highest BCUT2D eigenvalue weighted by atomic mass is 16.5. The number of guanidine groups is 1. The smallest absolute Gasteiger partial charge is 0.194 e. The summed E-state index contributed by atoms with van der Waals surface area (Å²) in [6, 6.07) is 8.74. The maximum atomic E-state index is 5.96. The molecule has 2 atom stereocenters. The number of hydrogen-bond acceptors (Lipinski definition) is 3. The lowest BCUT2D eigenvalue weighted by molar-refractivity contribution is -0.00804. The number of nitrogens with zero attached hydrogens (tertiary/aromatic N) is 4. The van der Waals surface area contributed by atoms with Gasteiger partial charge in [-0.3, -0.25) is 9.67 Å². The molecule has 27 heavy (non-hydrogen) atoms. The van der Waals surface area contributed by atoms with Gasteiger partial charge in [0.25, 0.3) is 0 Å². The molecule has 2 heterocycles. The van der Waals surface area contributed by atoms with E-state index >= 15 is 0 Å². The number of benzene rings is 1. The van der Waals surface area contributed by atoms with Gasteiger partial charge in [-0.25, -0.2) is 0 Å². The molecule has 1 saturated heterocycles. The third kappa shape index (κ3) is 5.10. The van der Waals surface area contributed by atoms with Crippen molar-refractivity contribution in [3.05, 3.63) is 53.3 Å². The highest BCUT2D eigenvalue weighted by Crippen LogP contribution is 2.22. The maximum absolute atomic E-state index is 5.96. The Bertz CT molecular complexity index is 752. The summed E-state index contributed by atoms with van der Waals surface area (Å²) in [6.07, 6.45) is 3.95. The third-order valence-corrected chi connectivity index (χ3v) is 4.96. The molecule has 0 aliphatic carbocycles. The maximum Gasteiger partial charge on any atom is 0.194 e. The average Bonchev–Trinajstić information content (AvgIpc) is 3.12. The molecule has 0 bridgehead atoms. The molecule has 2 aromatic rings. The summed E-state index contributed by atoms with van der Waals surface area (Å²) in [6.45, 7) is 10.4. The highest BCUT2D eigenvalue weighted by molar-refractivity contribution is 5.80. The molecule has 1 aromatic carbocycles. The van der Waals surface area contributed by atoms with Crippen LogP contribution in [0.2, 0.25) is 0 Å². The Labute approximate surface area is 162 Å². The van der Waals surface area contributed by atoms with Crippen molar-refractivity contribution in [3.63, 3.8) is 0 Å². The fourth-order valence-electron chi connectivity index (χ4n) is 3.30. The van der Waals surface area contributed by atoms with Crippen LogP contribution >= 0.6 is 0 Å². The van der Waals surface area contributed by atoms with E-state index in [4.69, 9.17) is 9.73 Å². The van der Waals surface area contributed by atoms with E-state index in [1.807, 2.05) is 24.1 Å². The van der Waals surface area contributed by atoms with Crippen molar-refractivity contribution < 1.29 is 4.74 Å². The summed E-state index contributed by atoms with van der Waals surface area (Å²) < 4.78 is 7.78. The van der Waals surface area contributed by atoms with Crippen LogP contribution in [0.5, 0.6) is 0 Å². The van der Waals surface area contributed by atoms with E-state index < -0.39 is 0 Å². The predicted molar refractivity (Wildman–Crippen MR) is 109 cm³/mol. The minimum Gasteiger partial charge on any atom is -0.370 e. The topological polar surface area (TPSA) is 54.7 Å². The Morgan fingerprint density at radius 3 is 2.81 bits per heavy atom. The molecule has 0 amide bonds. The summed E-state index contributed by atoms with van der Waals surface area (Å²) in [4.78, 5) is 7.22. The fourth-order valence-corrected chi connectivity index (χ4v) is 3.30. The Hall–Kier alpha value is -2.34. The molecule has 1 aliphatic heterocycles. The largest absolute Gasteiger partial charge is 0.370 e. The van der Waals surface area contributed by atoms with Crippen molar-refractivity contribution in [2.24, 2.45) is 12.0 Å². The quantitative estimate of drug-likeness (QED) is 0.650. The van der Waals surface area contributed by atoms with E-state index in [0.29, 0.717) is 12.5 Å². The minimum atomic E-state index is 0.0332. The van der Waals surface area contributed by atoms with Crippen LogP contribution in [0.1, 0.15) is 42.6 Å². The fraction of sp³-hybridized carbons (Fsp3) is 0.524. The predicted octanol–water partition coefficient (Wildman–Crippen LogP) is 2.87. The molecule has 1 fully saturated rings. The van der Waals surface area contributed by atoms with Crippen molar-refractivity contribution >= 4 is 5.96 Å². The van der Waals surface area contributed by atoms with Gasteiger partial charge in [0, 0.05) is 44.4 Å². The number of aliphatic imine (C=N–C) groups is 1. The van der Waals surface area contributed by atoms with Crippen LogP contribution in [0.4, 0.5) is 0 Å². The van der Waals surface area contributed by atoms with Crippen molar-refractivity contribution in [2.75, 3.05) is 32.8 Å². The van der Waals surface area contributed by atoms with Gasteiger partial charge < -0.3 is 15.0 Å². The molecule has 2 unspecified atom stereocenters. The summed E-state index contributed by atoms with van der Waals surface area (Å²) in [7, 11) is 1.93. The second kappa shape index (κ2) is 9.04. The SMILES string of the molecule is CCNC(=NCC(C)c1ccc(C)cc1)N1CCOC(c2cnn(C)c2)C1. The molecule has 0 radical (unpaired) electrons. The second-order valence-corrected chi connectivity index (χ2v) is 7.26. The molecule has 6 nitrogen and oxygen atoms in total. The normalized spacial score (nSPS) is 19.2. The zero-order valence-electron chi connectivity index (χ0n) is 16.9. The van der Waals surface area contributed by atoms with Crippen LogP contribution in [0.25, 0.3) is 0 Å². The lowest BCUT2D eigenvalue weighted by Gasteiger charge is -2.35. The second-order valence-electron chi connectivity index (χ2n) is 7.26. The molecule has 1 aromatic heterocycles. The van der Waals surface area contributed by atoms with Gasteiger partial charge in [0.05, 0.1) is 19.3 Å². The van der Waals surface area contributed by atoms with Crippen LogP contribution in [-0.4, -0.2) is 53.4 Å². The van der Waals surface area contributed by atoms with E-state index in [1.54, 1.807) is 0 Å². The molecule has 0 spiro atoms. The van der Waals surface area contributed by atoms with E-state index in [1.165, 1.54) is 11.1 Å².